The topological polar surface area (TPSA) is 73.2 Å². The fraction of sp³-hybridized carbons (Fsp3) is 0.130. The van der Waals surface area contributed by atoms with Gasteiger partial charge in [-0.05, 0) is 0 Å². The number of hydrogen-bond donors (Lipinski definition) is 1. The van der Waals surface area contributed by atoms with Crippen LogP contribution in [0.5, 0.6) is 17.2 Å². The van der Waals surface area contributed by atoms with Gasteiger partial charge < -0.3 is 0 Å². The Hall–Kier alpha value is -3.28. The number of benzene rings is 3. The molecule has 30 heavy (non-hydrogen) atoms. The van der Waals surface area contributed by atoms with Gasteiger partial charge >= 0.3 is 180 Å². The molecule has 7 heteroatoms. The van der Waals surface area contributed by atoms with Crippen molar-refractivity contribution in [2.24, 2.45) is 5.16 Å². The van der Waals surface area contributed by atoms with Crippen LogP contribution in [0.1, 0.15) is 10.1 Å². The third-order valence-electron chi connectivity index (χ3n) is 4.79. The van der Waals surface area contributed by atoms with Crippen molar-refractivity contribution in [3.05, 3.63) is 69.7 Å². The summed E-state index contributed by atoms with van der Waals surface area (Å²) in [6, 6.07) is 18.0. The average molecular weight is 467 g/mol. The zero-order valence-electron chi connectivity index (χ0n) is 16.7. The molecule has 0 amide bonds. The zero-order chi connectivity index (χ0) is 21.1. The normalized spacial score (nSPS) is 11.5. The van der Waals surface area contributed by atoms with Gasteiger partial charge in [-0.3, -0.25) is 0 Å². The minimum absolute atomic E-state index is 0.0804. The van der Waals surface area contributed by atoms with Crippen molar-refractivity contribution in [1.29, 1.82) is 0 Å². The molecule has 0 bridgehead atoms. The van der Waals surface area contributed by atoms with Crippen LogP contribution in [0, 0.1) is 0 Å². The van der Waals surface area contributed by atoms with Gasteiger partial charge in [-0.15, -0.1) is 0 Å². The summed E-state index contributed by atoms with van der Waals surface area (Å²) in [6.07, 6.45) is 0. The minimum atomic E-state index is -0.0804. The first-order valence-electron chi connectivity index (χ1n) is 9.16. The summed E-state index contributed by atoms with van der Waals surface area (Å²) in [5.41, 5.74) is 2.94. The fourth-order valence-electron chi connectivity index (χ4n) is 3.31. The average Bonchev–Trinajstić information content (AvgIpc) is 3.28. The Kier molecular flexibility index (Phi) is 5.74. The number of aromatic nitrogens is 1. The van der Waals surface area contributed by atoms with Crippen LogP contribution in [0.2, 0.25) is 0 Å². The van der Waals surface area contributed by atoms with Crippen LogP contribution in [0.4, 0.5) is 0 Å². The van der Waals surface area contributed by atoms with Crippen LogP contribution < -0.4 is 14.2 Å². The molecule has 4 rings (SSSR count). The Labute approximate surface area is 180 Å². The van der Waals surface area contributed by atoms with Crippen molar-refractivity contribution in [3.63, 3.8) is 0 Å². The van der Waals surface area contributed by atoms with Gasteiger partial charge in [0.05, 0.1) is 0 Å². The predicted octanol–water partition coefficient (Wildman–Crippen LogP) is 4.21. The van der Waals surface area contributed by atoms with Crippen molar-refractivity contribution in [3.8, 4) is 28.5 Å². The van der Waals surface area contributed by atoms with Gasteiger partial charge in [0.25, 0.3) is 0 Å². The maximum atomic E-state index is 9.77. The quantitative estimate of drug-likeness (QED) is 0.199. The molecule has 152 valence electrons. The van der Waals surface area contributed by atoms with Crippen molar-refractivity contribution >= 4 is 31.0 Å². The van der Waals surface area contributed by atoms with Crippen molar-refractivity contribution < 1.29 is 19.4 Å². The van der Waals surface area contributed by atoms with E-state index in [1.165, 1.54) is 5.39 Å². The summed E-state index contributed by atoms with van der Waals surface area (Å²) >= 11 is -0.0804. The van der Waals surface area contributed by atoms with Gasteiger partial charge in [-0.25, -0.2) is 0 Å². The van der Waals surface area contributed by atoms with E-state index in [2.05, 4.69) is 40.4 Å². The van der Waals surface area contributed by atoms with E-state index in [9.17, 15) is 5.21 Å². The van der Waals surface area contributed by atoms with E-state index in [1.807, 2.05) is 12.1 Å². The number of hydrogen-bond acceptors (Lipinski definition) is 6. The van der Waals surface area contributed by atoms with Crippen LogP contribution in [0.15, 0.2) is 64.7 Å². The first-order valence-corrected chi connectivity index (χ1v) is 11.0. The van der Waals surface area contributed by atoms with Gasteiger partial charge in [0.15, 0.2) is 0 Å². The van der Waals surface area contributed by atoms with Gasteiger partial charge in [-0.2, -0.15) is 0 Å². The Morgan fingerprint density at radius 3 is 2.23 bits per heavy atom. The van der Waals surface area contributed by atoms with Crippen LogP contribution in [0.25, 0.3) is 22.0 Å². The Balaban J connectivity index is 1.74. The third kappa shape index (κ3) is 3.65. The molecule has 1 N–H and O–H groups in total. The second-order valence-corrected chi connectivity index (χ2v) is 8.26. The monoisotopic (exact) mass is 468 g/mol. The molecule has 0 radical (unpaired) electrons. The van der Waals surface area contributed by atoms with Gasteiger partial charge in [0.2, 0.25) is 0 Å². The predicted molar refractivity (Wildman–Crippen MR) is 118 cm³/mol. The Morgan fingerprint density at radius 2 is 1.60 bits per heavy atom. The van der Waals surface area contributed by atoms with E-state index in [1.54, 1.807) is 33.5 Å². The standard InChI is InChI=1S/C23H20N2O4Se/c1-27-19-11-17(12-20(28-2)22(19)29-3)21(25-26)23-24-18(13-30-23)16-9-8-14-6-4-5-7-15(14)10-16/h4-13,26H,1-3H3/b25-21-. The van der Waals surface area contributed by atoms with Crippen molar-refractivity contribution in [2.45, 2.75) is 0 Å². The number of ether oxygens (including phenoxy) is 3. The molecule has 0 aliphatic heterocycles. The molecule has 3 aromatic carbocycles. The summed E-state index contributed by atoms with van der Waals surface area (Å²) in [5, 5.41) is 15.7. The molecular formula is C23H20N2O4Se. The molecule has 0 aliphatic rings. The number of rotatable bonds is 6. The molecule has 1 aromatic heterocycles. The van der Waals surface area contributed by atoms with Crippen LogP contribution in [-0.4, -0.2) is 51.7 Å². The first-order chi connectivity index (χ1) is 14.7. The summed E-state index contributed by atoms with van der Waals surface area (Å²) < 4.78 is 16.9. The molecule has 4 aromatic rings. The molecule has 0 aliphatic carbocycles. The van der Waals surface area contributed by atoms with Crippen LogP contribution >= 0.6 is 0 Å². The van der Waals surface area contributed by atoms with Crippen molar-refractivity contribution in [1.82, 2.24) is 4.98 Å². The maximum absolute atomic E-state index is 9.77. The molecule has 6 nitrogen and oxygen atoms in total. The molecule has 0 fully saturated rings. The summed E-state index contributed by atoms with van der Waals surface area (Å²) in [7, 11) is 4.64. The summed E-state index contributed by atoms with van der Waals surface area (Å²) in [5.74, 6) is 1.46. The molecule has 0 saturated carbocycles. The van der Waals surface area contributed by atoms with E-state index in [0.717, 1.165) is 21.2 Å². The number of nitrogens with zero attached hydrogens (tertiary/aromatic N) is 2. The fourth-order valence-corrected chi connectivity index (χ4v) is 5.05. The van der Waals surface area contributed by atoms with E-state index >= 15 is 0 Å². The van der Waals surface area contributed by atoms with Crippen LogP contribution in [0.3, 0.4) is 0 Å². The van der Waals surface area contributed by atoms with Gasteiger partial charge in [0, 0.05) is 0 Å². The number of methoxy groups -OCH3 is 3. The van der Waals surface area contributed by atoms with E-state index < -0.39 is 0 Å². The Morgan fingerprint density at radius 1 is 0.900 bits per heavy atom. The number of fused-ring (bicyclic) bond motifs is 1. The molecular weight excluding hydrogens is 447 g/mol. The van der Waals surface area contributed by atoms with Gasteiger partial charge in [-0.1, -0.05) is 0 Å². The van der Waals surface area contributed by atoms with Gasteiger partial charge in [0.1, 0.15) is 0 Å². The Bertz CT molecular complexity index is 1210. The van der Waals surface area contributed by atoms with E-state index in [0.29, 0.717) is 28.5 Å². The SMILES string of the molecule is COc1cc(/C(=N/O)c2nc(-c3ccc4ccccc4c3)c[se]2)cc(OC)c1OC. The zero-order valence-corrected chi connectivity index (χ0v) is 18.5. The van der Waals surface area contributed by atoms with Crippen LogP contribution in [-0.2, 0) is 0 Å². The molecule has 1 heterocycles. The van der Waals surface area contributed by atoms with E-state index in [4.69, 9.17) is 19.2 Å². The second-order valence-electron chi connectivity index (χ2n) is 6.46. The molecule has 0 saturated heterocycles. The third-order valence-corrected chi connectivity index (χ3v) is 6.57. The van der Waals surface area contributed by atoms with Crippen molar-refractivity contribution in [2.75, 3.05) is 21.3 Å². The van der Waals surface area contributed by atoms with E-state index in [-0.39, 0.29) is 14.5 Å². The molecule has 0 atom stereocenters. The summed E-state index contributed by atoms with van der Waals surface area (Å²) in [6.45, 7) is 0. The molecule has 0 unspecified atom stereocenters. The summed E-state index contributed by atoms with van der Waals surface area (Å²) in [4.78, 5) is 6.86. The first kappa shape index (κ1) is 20.0. The second kappa shape index (κ2) is 8.61. The number of oxime groups is 1. The molecule has 0 spiro atoms.